The quantitative estimate of drug-likeness (QED) is 0.420. The van der Waals surface area contributed by atoms with Crippen molar-refractivity contribution in [3.05, 3.63) is 24.5 Å². The van der Waals surface area contributed by atoms with E-state index in [2.05, 4.69) is 9.47 Å². The summed E-state index contributed by atoms with van der Waals surface area (Å²) in [5.41, 5.74) is 0. The highest BCUT2D eigenvalue weighted by Crippen LogP contribution is 2.22. The number of carbonyl (C=O) groups is 1. The molecule has 1 aliphatic rings. The van der Waals surface area contributed by atoms with E-state index in [4.69, 9.17) is 9.47 Å². The number of rotatable bonds is 3. The van der Waals surface area contributed by atoms with Crippen LogP contribution in [0.4, 0.5) is 4.79 Å². The van der Waals surface area contributed by atoms with Gasteiger partial charge in [0.15, 0.2) is 5.79 Å². The molecule has 0 spiro atoms. The summed E-state index contributed by atoms with van der Waals surface area (Å²) in [6, 6.07) is 0. The molecular formula is C11H16O5. The highest BCUT2D eigenvalue weighted by Gasteiger charge is 2.30. The summed E-state index contributed by atoms with van der Waals surface area (Å²) in [5, 5.41) is 0. The molecule has 1 saturated heterocycles. The van der Waals surface area contributed by atoms with Gasteiger partial charge >= 0.3 is 6.16 Å². The predicted molar refractivity (Wildman–Crippen MR) is 56.7 cm³/mol. The lowest BCUT2D eigenvalue weighted by molar-refractivity contribution is -0.133. The van der Waals surface area contributed by atoms with Crippen LogP contribution in [0.2, 0.25) is 0 Å². The van der Waals surface area contributed by atoms with Crippen molar-refractivity contribution in [1.29, 1.82) is 0 Å². The number of carbonyl (C=O) groups excluding carboxylic acids is 1. The van der Waals surface area contributed by atoms with Crippen molar-refractivity contribution in [2.45, 2.75) is 25.7 Å². The molecule has 1 fully saturated rings. The summed E-state index contributed by atoms with van der Waals surface area (Å²) in [7, 11) is 1.25. The minimum atomic E-state index is -0.744. The zero-order valence-corrected chi connectivity index (χ0v) is 9.64. The van der Waals surface area contributed by atoms with E-state index >= 15 is 0 Å². The third-order valence-corrected chi connectivity index (χ3v) is 1.88. The Hall–Kier alpha value is -1.33. The van der Waals surface area contributed by atoms with Crippen LogP contribution in [-0.2, 0) is 18.9 Å². The second-order valence-electron chi connectivity index (χ2n) is 3.65. The first kappa shape index (κ1) is 12.7. The first-order valence-corrected chi connectivity index (χ1v) is 4.93. The van der Waals surface area contributed by atoms with Gasteiger partial charge in [0.1, 0.15) is 6.10 Å². The second kappa shape index (κ2) is 5.67. The third-order valence-electron chi connectivity index (χ3n) is 1.88. The van der Waals surface area contributed by atoms with Crippen LogP contribution in [0.3, 0.4) is 0 Å². The third kappa shape index (κ3) is 4.46. The Morgan fingerprint density at radius 2 is 2.19 bits per heavy atom. The van der Waals surface area contributed by atoms with E-state index < -0.39 is 11.9 Å². The van der Waals surface area contributed by atoms with E-state index in [1.807, 2.05) is 19.9 Å². The van der Waals surface area contributed by atoms with Crippen molar-refractivity contribution in [3.63, 3.8) is 0 Å². The van der Waals surface area contributed by atoms with Crippen LogP contribution >= 0.6 is 0 Å². The monoisotopic (exact) mass is 228 g/mol. The average Bonchev–Trinajstić information content (AvgIpc) is 2.57. The van der Waals surface area contributed by atoms with Gasteiger partial charge < -0.3 is 18.9 Å². The maximum absolute atomic E-state index is 10.6. The molecule has 0 aromatic rings. The van der Waals surface area contributed by atoms with Gasteiger partial charge in [-0.1, -0.05) is 12.2 Å². The Morgan fingerprint density at radius 3 is 2.75 bits per heavy atom. The molecule has 0 aromatic heterocycles. The molecule has 0 amide bonds. The lowest BCUT2D eigenvalue weighted by Gasteiger charge is -2.15. The molecule has 1 atom stereocenters. The minimum absolute atomic E-state index is 0.0715. The smallest absolute Gasteiger partial charge is 0.437 e. The van der Waals surface area contributed by atoms with E-state index in [1.54, 1.807) is 12.2 Å². The number of hydrogen-bond acceptors (Lipinski definition) is 5. The highest BCUT2D eigenvalue weighted by molar-refractivity contribution is 5.60. The number of methoxy groups -OCH3 is 1. The Morgan fingerprint density at radius 1 is 1.44 bits per heavy atom. The number of ether oxygens (including phenoxy) is 4. The molecule has 0 radical (unpaired) electrons. The Labute approximate surface area is 94.6 Å². The molecule has 5 heteroatoms. The van der Waals surface area contributed by atoms with Gasteiger partial charge in [-0.05, 0) is 19.9 Å². The maximum Gasteiger partial charge on any atom is 0.512 e. The summed E-state index contributed by atoms with van der Waals surface area (Å²) in [6.07, 6.45) is 5.54. The van der Waals surface area contributed by atoms with Crippen LogP contribution in [0.5, 0.6) is 0 Å². The van der Waals surface area contributed by atoms with E-state index in [0.717, 1.165) is 0 Å². The first-order valence-electron chi connectivity index (χ1n) is 4.93. The molecule has 90 valence electrons. The van der Waals surface area contributed by atoms with Gasteiger partial charge in [0.25, 0.3) is 0 Å². The van der Waals surface area contributed by atoms with Crippen molar-refractivity contribution in [2.75, 3.05) is 13.7 Å². The molecule has 5 nitrogen and oxygen atoms in total. The number of hydrogen-bond donors (Lipinski definition) is 0. The lowest BCUT2D eigenvalue weighted by atomic mass is 10.3. The molecule has 0 N–H and O–H groups in total. The summed E-state index contributed by atoms with van der Waals surface area (Å²) in [5.74, 6) is -0.527. The molecular weight excluding hydrogens is 212 g/mol. The largest absolute Gasteiger partial charge is 0.512 e. The topological polar surface area (TPSA) is 54.0 Å². The zero-order chi connectivity index (χ0) is 12.0. The van der Waals surface area contributed by atoms with Gasteiger partial charge in [0.2, 0.25) is 0 Å². The minimum Gasteiger partial charge on any atom is -0.437 e. The van der Waals surface area contributed by atoms with Crippen molar-refractivity contribution in [1.82, 2.24) is 0 Å². The molecule has 0 bridgehead atoms. The molecule has 1 aliphatic heterocycles. The normalized spacial score (nSPS) is 24.1. The van der Waals surface area contributed by atoms with Crippen LogP contribution in [-0.4, -0.2) is 31.8 Å². The molecule has 0 saturated carbocycles. The van der Waals surface area contributed by atoms with Crippen LogP contribution in [0.1, 0.15) is 13.8 Å². The van der Waals surface area contributed by atoms with E-state index in [1.165, 1.54) is 13.4 Å². The summed E-state index contributed by atoms with van der Waals surface area (Å²) < 4.78 is 19.7. The second-order valence-corrected chi connectivity index (χ2v) is 3.65. The van der Waals surface area contributed by atoms with Crippen molar-refractivity contribution >= 4 is 6.16 Å². The summed E-state index contributed by atoms with van der Waals surface area (Å²) >= 11 is 0. The van der Waals surface area contributed by atoms with Crippen LogP contribution in [0, 0.1) is 0 Å². The van der Waals surface area contributed by atoms with Crippen LogP contribution in [0.15, 0.2) is 24.5 Å². The molecule has 16 heavy (non-hydrogen) atoms. The molecule has 1 rings (SSSR count). The molecule has 1 unspecified atom stereocenters. The number of allylic oxidation sites excluding steroid dienone is 2. The van der Waals surface area contributed by atoms with E-state index in [-0.39, 0.29) is 6.10 Å². The maximum atomic E-state index is 10.6. The zero-order valence-electron chi connectivity index (χ0n) is 9.64. The standard InChI is InChI=1S/C11H16O5/c1-11(2)15-8-9(16-11)6-4-5-7-14-10(12)13-3/h4-7,9H,8H2,1-3H3/b6-4+,7-5+. The van der Waals surface area contributed by atoms with E-state index in [0.29, 0.717) is 6.61 Å². The fraction of sp³-hybridized carbons (Fsp3) is 0.545. The fourth-order valence-electron chi connectivity index (χ4n) is 1.19. The first-order chi connectivity index (χ1) is 7.53. The Kier molecular flexibility index (Phi) is 4.52. The Balaban J connectivity index is 2.25. The summed E-state index contributed by atoms with van der Waals surface area (Å²) in [6.45, 7) is 4.24. The van der Waals surface area contributed by atoms with Gasteiger partial charge in [-0.2, -0.15) is 0 Å². The van der Waals surface area contributed by atoms with Crippen LogP contribution < -0.4 is 0 Å². The fourth-order valence-corrected chi connectivity index (χ4v) is 1.19. The summed E-state index contributed by atoms with van der Waals surface area (Å²) in [4.78, 5) is 10.6. The van der Waals surface area contributed by atoms with Gasteiger partial charge in [-0.15, -0.1) is 0 Å². The average molecular weight is 228 g/mol. The van der Waals surface area contributed by atoms with Crippen LogP contribution in [0.25, 0.3) is 0 Å². The van der Waals surface area contributed by atoms with Gasteiger partial charge in [0, 0.05) is 0 Å². The van der Waals surface area contributed by atoms with Gasteiger partial charge in [0.05, 0.1) is 20.0 Å². The highest BCUT2D eigenvalue weighted by atomic mass is 16.7. The Bertz CT molecular complexity index is 293. The van der Waals surface area contributed by atoms with Crippen molar-refractivity contribution < 1.29 is 23.7 Å². The lowest BCUT2D eigenvalue weighted by Crippen LogP contribution is -2.20. The van der Waals surface area contributed by atoms with Crippen molar-refractivity contribution in [2.24, 2.45) is 0 Å². The SMILES string of the molecule is COC(=O)O/C=C/C=C/C1COC(C)(C)O1. The van der Waals surface area contributed by atoms with Gasteiger partial charge in [-0.3, -0.25) is 0 Å². The van der Waals surface area contributed by atoms with Gasteiger partial charge in [-0.25, -0.2) is 4.79 Å². The predicted octanol–water partition coefficient (Wildman–Crippen LogP) is 1.99. The molecule has 0 aromatic carbocycles. The van der Waals surface area contributed by atoms with E-state index in [9.17, 15) is 4.79 Å². The van der Waals surface area contributed by atoms with Crippen molar-refractivity contribution in [3.8, 4) is 0 Å². The molecule has 1 heterocycles. The molecule has 0 aliphatic carbocycles.